The van der Waals surface area contributed by atoms with Crippen LogP contribution in [0.5, 0.6) is 0 Å². The summed E-state index contributed by atoms with van der Waals surface area (Å²) in [6.45, 7) is 8.80. The van der Waals surface area contributed by atoms with Crippen LogP contribution in [0.3, 0.4) is 0 Å². The van der Waals surface area contributed by atoms with Crippen molar-refractivity contribution in [2.45, 2.75) is 33.2 Å². The molecule has 1 aliphatic rings. The zero-order valence-corrected chi connectivity index (χ0v) is 18.9. The van der Waals surface area contributed by atoms with Gasteiger partial charge < -0.3 is 19.4 Å². The van der Waals surface area contributed by atoms with Gasteiger partial charge in [0.2, 0.25) is 5.91 Å². The summed E-state index contributed by atoms with van der Waals surface area (Å²) in [5.41, 5.74) is 0.592. The molecule has 31 heavy (non-hydrogen) atoms. The highest BCUT2D eigenvalue weighted by Crippen LogP contribution is 2.32. The number of rotatable bonds is 8. The van der Waals surface area contributed by atoms with E-state index in [-0.39, 0.29) is 17.9 Å². The lowest BCUT2D eigenvalue weighted by Gasteiger charge is -2.30. The second-order valence-electron chi connectivity index (χ2n) is 8.21. The lowest BCUT2D eigenvalue weighted by molar-refractivity contribution is -0.136. The summed E-state index contributed by atoms with van der Waals surface area (Å²) in [6, 6.07) is 2.22. The molecule has 0 radical (unpaired) electrons. The van der Waals surface area contributed by atoms with Crippen molar-refractivity contribution < 1.29 is 18.3 Å². The van der Waals surface area contributed by atoms with Gasteiger partial charge in [-0.05, 0) is 13.3 Å². The van der Waals surface area contributed by atoms with Gasteiger partial charge in [-0.15, -0.1) is 0 Å². The van der Waals surface area contributed by atoms with Crippen LogP contribution < -0.4 is 9.80 Å². The first-order valence-electron chi connectivity index (χ1n) is 10.7. The average Bonchev–Trinajstić information content (AvgIpc) is 3.22. The molecular formula is C22H31F2N5O2. The van der Waals surface area contributed by atoms with E-state index in [1.807, 2.05) is 37.6 Å². The molecule has 9 heteroatoms. The molecule has 0 spiro atoms. The normalized spacial score (nSPS) is 16.4. The standard InChI is InChI=1S/C22H31F2N5O2/c1-6-29(22(30)14(2)3)15-7-8-28(13-15)21-20(27(4)9-10-31-5)25-18-11-16(23)17(24)12-19(18)26-21/h11-12,14-15H,6-10,13H2,1-5H3/t15-/m0/s1. The number of anilines is 2. The molecule has 1 amide bonds. The Labute approximate surface area is 182 Å². The minimum absolute atomic E-state index is 0.0666. The van der Waals surface area contributed by atoms with Crippen LogP contribution >= 0.6 is 0 Å². The van der Waals surface area contributed by atoms with Gasteiger partial charge in [0, 0.05) is 58.4 Å². The molecule has 2 aromatic rings. The van der Waals surface area contributed by atoms with Crippen molar-refractivity contribution in [3.63, 3.8) is 0 Å². The van der Waals surface area contributed by atoms with Crippen molar-refractivity contribution >= 4 is 28.6 Å². The maximum Gasteiger partial charge on any atom is 0.225 e. The largest absolute Gasteiger partial charge is 0.383 e. The van der Waals surface area contributed by atoms with Crippen molar-refractivity contribution in [3.8, 4) is 0 Å². The molecule has 0 aliphatic carbocycles. The molecular weight excluding hydrogens is 404 g/mol. The molecule has 1 aromatic carbocycles. The van der Waals surface area contributed by atoms with Crippen molar-refractivity contribution in [2.24, 2.45) is 5.92 Å². The molecule has 3 rings (SSSR count). The molecule has 0 saturated carbocycles. The average molecular weight is 436 g/mol. The Hall–Kier alpha value is -2.55. The number of nitrogens with zero attached hydrogens (tertiary/aromatic N) is 5. The van der Waals surface area contributed by atoms with E-state index in [1.54, 1.807) is 7.11 Å². The lowest BCUT2D eigenvalue weighted by Crippen LogP contribution is -2.44. The highest BCUT2D eigenvalue weighted by Gasteiger charge is 2.33. The number of carbonyl (C=O) groups excluding carboxylic acids is 1. The second kappa shape index (κ2) is 9.72. The van der Waals surface area contributed by atoms with Crippen molar-refractivity contribution in [2.75, 3.05) is 56.7 Å². The van der Waals surface area contributed by atoms with Gasteiger partial charge in [-0.3, -0.25) is 4.79 Å². The van der Waals surface area contributed by atoms with Gasteiger partial charge in [-0.2, -0.15) is 0 Å². The Balaban J connectivity index is 1.97. The smallest absolute Gasteiger partial charge is 0.225 e. The van der Waals surface area contributed by atoms with Gasteiger partial charge in [-0.1, -0.05) is 13.8 Å². The van der Waals surface area contributed by atoms with Crippen LogP contribution in [0.15, 0.2) is 12.1 Å². The van der Waals surface area contributed by atoms with Gasteiger partial charge in [-0.25, -0.2) is 18.7 Å². The third-order valence-corrected chi connectivity index (χ3v) is 5.68. The molecule has 170 valence electrons. The van der Waals surface area contributed by atoms with E-state index in [4.69, 9.17) is 4.74 Å². The minimum atomic E-state index is -0.952. The molecule has 1 saturated heterocycles. The molecule has 1 fully saturated rings. The topological polar surface area (TPSA) is 61.8 Å². The molecule has 7 nitrogen and oxygen atoms in total. The summed E-state index contributed by atoms with van der Waals surface area (Å²) in [5.74, 6) is -0.654. The number of hydrogen-bond acceptors (Lipinski definition) is 6. The number of amides is 1. The fourth-order valence-electron chi connectivity index (χ4n) is 3.95. The summed E-state index contributed by atoms with van der Waals surface area (Å²) in [5, 5.41) is 0. The quantitative estimate of drug-likeness (QED) is 0.635. The minimum Gasteiger partial charge on any atom is -0.383 e. The van der Waals surface area contributed by atoms with E-state index in [0.29, 0.717) is 55.5 Å². The first-order valence-corrected chi connectivity index (χ1v) is 10.7. The van der Waals surface area contributed by atoms with Crippen molar-refractivity contribution in [1.29, 1.82) is 0 Å². The van der Waals surface area contributed by atoms with E-state index in [1.165, 1.54) is 0 Å². The second-order valence-corrected chi connectivity index (χ2v) is 8.21. The van der Waals surface area contributed by atoms with Crippen LogP contribution in [-0.2, 0) is 9.53 Å². The fourth-order valence-corrected chi connectivity index (χ4v) is 3.95. The summed E-state index contributed by atoms with van der Waals surface area (Å²) >= 11 is 0. The Bertz CT molecular complexity index is 940. The van der Waals surface area contributed by atoms with Gasteiger partial charge >= 0.3 is 0 Å². The number of fused-ring (bicyclic) bond motifs is 1. The van der Waals surface area contributed by atoms with Gasteiger partial charge in [0.15, 0.2) is 23.3 Å². The van der Waals surface area contributed by atoms with Crippen LogP contribution in [0.2, 0.25) is 0 Å². The predicted octanol–water partition coefficient (Wildman–Crippen LogP) is 3.07. The third-order valence-electron chi connectivity index (χ3n) is 5.68. The molecule has 0 bridgehead atoms. The number of methoxy groups -OCH3 is 1. The maximum atomic E-state index is 13.8. The number of ether oxygens (including phenoxy) is 1. The van der Waals surface area contributed by atoms with E-state index >= 15 is 0 Å². The van der Waals surface area contributed by atoms with Crippen LogP contribution in [-0.4, -0.2) is 73.8 Å². The number of hydrogen-bond donors (Lipinski definition) is 0. The summed E-state index contributed by atoms with van der Waals surface area (Å²) in [7, 11) is 3.49. The first kappa shape index (κ1) is 23.1. The van der Waals surface area contributed by atoms with Crippen molar-refractivity contribution in [1.82, 2.24) is 14.9 Å². The van der Waals surface area contributed by atoms with Gasteiger partial charge in [0.25, 0.3) is 0 Å². The van der Waals surface area contributed by atoms with E-state index in [2.05, 4.69) is 14.9 Å². The number of carbonyl (C=O) groups is 1. The number of benzene rings is 1. The SMILES string of the molecule is CCN(C(=O)C(C)C)[C@H]1CCN(c2nc3cc(F)c(F)cc3nc2N(C)CCOC)C1. The van der Waals surface area contributed by atoms with Crippen LogP contribution in [0, 0.1) is 17.6 Å². The Kier molecular flexibility index (Phi) is 7.25. The van der Waals surface area contributed by atoms with E-state index in [9.17, 15) is 13.6 Å². The molecule has 1 atom stereocenters. The predicted molar refractivity (Wildman–Crippen MR) is 117 cm³/mol. The monoisotopic (exact) mass is 435 g/mol. The molecule has 1 aromatic heterocycles. The van der Waals surface area contributed by atoms with E-state index < -0.39 is 11.6 Å². The highest BCUT2D eigenvalue weighted by molar-refractivity contribution is 5.81. The third kappa shape index (κ3) is 4.87. The molecule has 0 N–H and O–H groups in total. The zero-order valence-electron chi connectivity index (χ0n) is 18.9. The van der Waals surface area contributed by atoms with Crippen molar-refractivity contribution in [3.05, 3.63) is 23.8 Å². The first-order chi connectivity index (χ1) is 14.8. The molecule has 2 heterocycles. The zero-order chi connectivity index (χ0) is 22.7. The molecule has 0 unspecified atom stereocenters. The Morgan fingerprint density at radius 2 is 1.90 bits per heavy atom. The summed E-state index contributed by atoms with van der Waals surface area (Å²) in [4.78, 5) is 27.8. The van der Waals surface area contributed by atoms with Crippen LogP contribution in [0.4, 0.5) is 20.4 Å². The number of likely N-dealkylation sites (N-methyl/N-ethyl adjacent to an activating group) is 2. The molecule has 1 aliphatic heterocycles. The van der Waals surface area contributed by atoms with Gasteiger partial charge in [0.1, 0.15) is 0 Å². The van der Waals surface area contributed by atoms with Gasteiger partial charge in [0.05, 0.1) is 23.7 Å². The lowest BCUT2D eigenvalue weighted by atomic mass is 10.1. The fraction of sp³-hybridized carbons (Fsp3) is 0.591. The number of aromatic nitrogens is 2. The highest BCUT2D eigenvalue weighted by atomic mass is 19.2. The Morgan fingerprint density at radius 1 is 1.26 bits per heavy atom. The maximum absolute atomic E-state index is 13.8. The summed E-state index contributed by atoms with van der Waals surface area (Å²) in [6.07, 6.45) is 0.811. The summed E-state index contributed by atoms with van der Waals surface area (Å²) < 4.78 is 32.8. The van der Waals surface area contributed by atoms with Crippen LogP contribution in [0.25, 0.3) is 11.0 Å². The number of halogens is 2. The Morgan fingerprint density at radius 3 is 2.48 bits per heavy atom. The van der Waals surface area contributed by atoms with E-state index in [0.717, 1.165) is 18.6 Å². The van der Waals surface area contributed by atoms with Crippen LogP contribution in [0.1, 0.15) is 27.2 Å².